The summed E-state index contributed by atoms with van der Waals surface area (Å²) in [4.78, 5) is 20.1. The number of hydrogen-bond donors (Lipinski definition) is 1. The Labute approximate surface area is 120 Å². The van der Waals surface area contributed by atoms with Crippen LogP contribution in [0.2, 0.25) is 0 Å². The Morgan fingerprint density at radius 3 is 2.80 bits per heavy atom. The molecule has 100 valence electrons. The van der Waals surface area contributed by atoms with Gasteiger partial charge in [-0.2, -0.15) is 0 Å². The van der Waals surface area contributed by atoms with E-state index in [4.69, 9.17) is 5.73 Å². The summed E-state index contributed by atoms with van der Waals surface area (Å²) >= 11 is 1.54. The zero-order valence-corrected chi connectivity index (χ0v) is 11.8. The van der Waals surface area contributed by atoms with E-state index >= 15 is 0 Å². The maximum Gasteiger partial charge on any atom is 0.248 e. The van der Waals surface area contributed by atoms with Gasteiger partial charge in [-0.3, -0.25) is 9.78 Å². The van der Waals surface area contributed by atoms with E-state index in [1.165, 1.54) is 11.3 Å². The summed E-state index contributed by atoms with van der Waals surface area (Å²) in [6.45, 7) is 2.07. The number of nitrogens with two attached hydrogens (primary N) is 1. The second kappa shape index (κ2) is 5.02. The first-order valence-electron chi connectivity index (χ1n) is 6.33. The molecule has 2 heterocycles. The summed E-state index contributed by atoms with van der Waals surface area (Å²) < 4.78 is 0.955. The average Bonchev–Trinajstić information content (AvgIpc) is 2.90. The highest BCUT2D eigenvalue weighted by atomic mass is 32.1. The van der Waals surface area contributed by atoms with Crippen LogP contribution in [0.1, 0.15) is 23.0 Å². The number of primary amides is 1. The molecule has 3 rings (SSSR count). The summed E-state index contributed by atoms with van der Waals surface area (Å²) in [6, 6.07) is 9.34. The van der Waals surface area contributed by atoms with E-state index in [2.05, 4.69) is 16.9 Å². The quantitative estimate of drug-likeness (QED) is 0.803. The smallest absolute Gasteiger partial charge is 0.248 e. The molecule has 0 bridgehead atoms. The van der Waals surface area contributed by atoms with Gasteiger partial charge in [0.05, 0.1) is 10.2 Å². The van der Waals surface area contributed by atoms with Gasteiger partial charge in [0.15, 0.2) is 0 Å². The number of amides is 1. The van der Waals surface area contributed by atoms with Gasteiger partial charge in [-0.25, -0.2) is 4.98 Å². The van der Waals surface area contributed by atoms with Gasteiger partial charge in [-0.1, -0.05) is 6.92 Å². The lowest BCUT2D eigenvalue weighted by molar-refractivity contribution is 0.100. The first-order valence-corrected chi connectivity index (χ1v) is 7.14. The number of thiazole rings is 1. The average molecular weight is 283 g/mol. The number of aromatic nitrogens is 2. The number of rotatable bonds is 3. The van der Waals surface area contributed by atoms with Crippen molar-refractivity contribution in [2.75, 3.05) is 0 Å². The van der Waals surface area contributed by atoms with Crippen molar-refractivity contribution in [3.8, 4) is 10.6 Å². The molecule has 0 aliphatic rings. The first-order chi connectivity index (χ1) is 9.67. The largest absolute Gasteiger partial charge is 0.366 e. The first kappa shape index (κ1) is 12.7. The van der Waals surface area contributed by atoms with Crippen molar-refractivity contribution in [2.45, 2.75) is 13.3 Å². The minimum Gasteiger partial charge on any atom is -0.366 e. The third kappa shape index (κ3) is 2.28. The van der Waals surface area contributed by atoms with Crippen LogP contribution in [0.5, 0.6) is 0 Å². The standard InChI is InChI=1S/C15H13N3OS/c1-2-11-5-3-10(8-17-11)15-18-12-6-4-9(14(16)19)7-13(12)20-15/h3-8H,2H2,1H3,(H2,16,19). The second-order valence-corrected chi connectivity index (χ2v) is 5.49. The number of carbonyl (C=O) groups is 1. The van der Waals surface area contributed by atoms with Crippen molar-refractivity contribution in [3.63, 3.8) is 0 Å². The lowest BCUT2D eigenvalue weighted by Crippen LogP contribution is -2.10. The fourth-order valence-corrected chi connectivity index (χ4v) is 2.96. The van der Waals surface area contributed by atoms with Gasteiger partial charge in [0.25, 0.3) is 0 Å². The summed E-state index contributed by atoms with van der Waals surface area (Å²) in [5.41, 5.74) is 8.72. The lowest BCUT2D eigenvalue weighted by atomic mass is 10.2. The van der Waals surface area contributed by atoms with E-state index in [9.17, 15) is 4.79 Å². The van der Waals surface area contributed by atoms with Crippen LogP contribution in [0.15, 0.2) is 36.5 Å². The van der Waals surface area contributed by atoms with Gasteiger partial charge in [0.1, 0.15) is 5.01 Å². The molecule has 4 nitrogen and oxygen atoms in total. The molecule has 1 aromatic carbocycles. The molecule has 3 aromatic rings. The van der Waals surface area contributed by atoms with E-state index in [1.54, 1.807) is 12.1 Å². The molecule has 20 heavy (non-hydrogen) atoms. The van der Waals surface area contributed by atoms with Gasteiger partial charge in [-0.15, -0.1) is 11.3 Å². The third-order valence-corrected chi connectivity index (χ3v) is 4.17. The highest BCUT2D eigenvalue weighted by Gasteiger charge is 2.09. The van der Waals surface area contributed by atoms with Crippen LogP contribution >= 0.6 is 11.3 Å². The molecule has 0 atom stereocenters. The van der Waals surface area contributed by atoms with Gasteiger partial charge in [-0.05, 0) is 36.8 Å². The van der Waals surface area contributed by atoms with Crippen molar-refractivity contribution < 1.29 is 4.79 Å². The second-order valence-electron chi connectivity index (χ2n) is 4.46. The van der Waals surface area contributed by atoms with Crippen molar-refractivity contribution in [3.05, 3.63) is 47.8 Å². The van der Waals surface area contributed by atoms with Crippen LogP contribution in [-0.4, -0.2) is 15.9 Å². The Bertz CT molecular complexity index is 777. The fraction of sp³-hybridized carbons (Fsp3) is 0.133. The molecule has 0 radical (unpaired) electrons. The van der Waals surface area contributed by atoms with Gasteiger partial charge in [0.2, 0.25) is 5.91 Å². The minimum absolute atomic E-state index is 0.421. The Balaban J connectivity index is 2.05. The number of aryl methyl sites for hydroxylation is 1. The molecule has 0 saturated carbocycles. The molecule has 2 aromatic heterocycles. The highest BCUT2D eigenvalue weighted by molar-refractivity contribution is 7.21. The van der Waals surface area contributed by atoms with E-state index < -0.39 is 5.91 Å². The molecule has 2 N–H and O–H groups in total. The Kier molecular flexibility index (Phi) is 3.20. The number of nitrogens with zero attached hydrogens (tertiary/aromatic N) is 2. The van der Waals surface area contributed by atoms with Gasteiger partial charge < -0.3 is 5.73 Å². The van der Waals surface area contributed by atoms with Gasteiger partial charge >= 0.3 is 0 Å². The van der Waals surface area contributed by atoms with Crippen LogP contribution < -0.4 is 5.73 Å². The fourth-order valence-electron chi connectivity index (χ4n) is 1.96. The van der Waals surface area contributed by atoms with E-state index in [0.29, 0.717) is 5.56 Å². The monoisotopic (exact) mass is 283 g/mol. The predicted octanol–water partition coefficient (Wildman–Crippen LogP) is 3.02. The molecular formula is C15H13N3OS. The number of fused-ring (bicyclic) bond motifs is 1. The molecule has 5 heteroatoms. The Morgan fingerprint density at radius 2 is 2.15 bits per heavy atom. The third-order valence-electron chi connectivity index (χ3n) is 3.11. The number of benzene rings is 1. The number of hydrogen-bond acceptors (Lipinski definition) is 4. The molecule has 0 saturated heterocycles. The molecule has 0 fully saturated rings. The van der Waals surface area contributed by atoms with Crippen molar-refractivity contribution >= 4 is 27.5 Å². The topological polar surface area (TPSA) is 68.9 Å². The number of carbonyl (C=O) groups excluding carboxylic acids is 1. The van der Waals surface area contributed by atoms with Crippen LogP contribution in [0.25, 0.3) is 20.8 Å². The summed E-state index contributed by atoms with van der Waals surface area (Å²) in [7, 11) is 0. The molecule has 0 aliphatic carbocycles. The normalized spacial score (nSPS) is 10.8. The summed E-state index contributed by atoms with van der Waals surface area (Å²) in [6.07, 6.45) is 2.76. The molecule has 0 unspecified atom stereocenters. The molecule has 0 aliphatic heterocycles. The molecule has 0 spiro atoms. The van der Waals surface area contributed by atoms with Crippen LogP contribution in [-0.2, 0) is 6.42 Å². The van der Waals surface area contributed by atoms with Crippen molar-refractivity contribution in [1.29, 1.82) is 0 Å². The minimum atomic E-state index is -0.421. The SMILES string of the molecule is CCc1ccc(-c2nc3ccc(C(N)=O)cc3s2)cn1. The molecule has 1 amide bonds. The van der Waals surface area contributed by atoms with Crippen LogP contribution in [0, 0.1) is 0 Å². The van der Waals surface area contributed by atoms with Crippen LogP contribution in [0.3, 0.4) is 0 Å². The highest BCUT2D eigenvalue weighted by Crippen LogP contribution is 2.30. The van der Waals surface area contributed by atoms with E-state index in [1.807, 2.05) is 24.4 Å². The molecular weight excluding hydrogens is 270 g/mol. The van der Waals surface area contributed by atoms with Crippen molar-refractivity contribution in [1.82, 2.24) is 9.97 Å². The Morgan fingerprint density at radius 1 is 1.30 bits per heavy atom. The van der Waals surface area contributed by atoms with E-state index in [-0.39, 0.29) is 0 Å². The van der Waals surface area contributed by atoms with Gasteiger partial charge in [0, 0.05) is 23.0 Å². The van der Waals surface area contributed by atoms with E-state index in [0.717, 1.165) is 32.9 Å². The maximum absolute atomic E-state index is 11.2. The zero-order chi connectivity index (χ0) is 14.1. The van der Waals surface area contributed by atoms with Crippen molar-refractivity contribution in [2.24, 2.45) is 5.73 Å². The van der Waals surface area contributed by atoms with Crippen LogP contribution in [0.4, 0.5) is 0 Å². The Hall–Kier alpha value is -2.27. The zero-order valence-electron chi connectivity index (χ0n) is 11.0. The number of pyridine rings is 1. The predicted molar refractivity (Wildman–Crippen MR) is 80.7 cm³/mol. The maximum atomic E-state index is 11.2. The summed E-state index contributed by atoms with van der Waals surface area (Å²) in [5, 5.41) is 0.900. The lowest BCUT2D eigenvalue weighted by Gasteiger charge is -1.97. The summed E-state index contributed by atoms with van der Waals surface area (Å²) in [5.74, 6) is -0.421.